The quantitative estimate of drug-likeness (QED) is 0.837. The molecule has 1 aliphatic carbocycles. The molecule has 1 fully saturated rings. The normalized spacial score (nSPS) is 22.2. The van der Waals surface area contributed by atoms with Crippen LogP contribution in [0.4, 0.5) is 5.69 Å². The highest BCUT2D eigenvalue weighted by atomic mass is 79.9. The van der Waals surface area contributed by atoms with E-state index in [4.69, 9.17) is 0 Å². The van der Waals surface area contributed by atoms with Gasteiger partial charge in [-0.2, -0.15) is 5.10 Å². The van der Waals surface area contributed by atoms with Gasteiger partial charge in [-0.1, -0.05) is 33.1 Å². The molecule has 0 bridgehead atoms. The number of rotatable bonds is 6. The van der Waals surface area contributed by atoms with Crippen molar-refractivity contribution < 1.29 is 0 Å². The molecule has 118 valence electrons. The molecule has 4 nitrogen and oxygen atoms in total. The van der Waals surface area contributed by atoms with Gasteiger partial charge in [-0.15, -0.1) is 0 Å². The van der Waals surface area contributed by atoms with Crippen molar-refractivity contribution in [2.45, 2.75) is 58.9 Å². The van der Waals surface area contributed by atoms with Crippen LogP contribution >= 0.6 is 15.9 Å². The van der Waals surface area contributed by atoms with Crippen LogP contribution in [0.25, 0.3) is 0 Å². The lowest BCUT2D eigenvalue weighted by Gasteiger charge is -2.28. The smallest absolute Gasteiger partial charge is 0.283 e. The zero-order chi connectivity index (χ0) is 15.2. The Morgan fingerprint density at radius 1 is 1.29 bits per heavy atom. The third-order valence-corrected chi connectivity index (χ3v) is 5.31. The Morgan fingerprint density at radius 2 is 1.95 bits per heavy atom. The summed E-state index contributed by atoms with van der Waals surface area (Å²) in [5.41, 5.74) is 0.779. The molecule has 1 aromatic heterocycles. The second-order valence-corrected chi connectivity index (χ2v) is 6.87. The molecule has 2 rings (SSSR count). The lowest BCUT2D eigenvalue weighted by atomic mass is 9.81. The summed E-state index contributed by atoms with van der Waals surface area (Å²) in [5.74, 6) is 1.64. The Morgan fingerprint density at radius 3 is 2.57 bits per heavy atom. The maximum absolute atomic E-state index is 12.1. The second-order valence-electron chi connectivity index (χ2n) is 6.08. The van der Waals surface area contributed by atoms with Crippen molar-refractivity contribution in [2.24, 2.45) is 11.8 Å². The van der Waals surface area contributed by atoms with Gasteiger partial charge in [0, 0.05) is 13.1 Å². The first-order chi connectivity index (χ1) is 10.2. The van der Waals surface area contributed by atoms with Gasteiger partial charge in [0.15, 0.2) is 0 Å². The van der Waals surface area contributed by atoms with Crippen LogP contribution in [0, 0.1) is 11.8 Å². The zero-order valence-electron chi connectivity index (χ0n) is 13.1. The van der Waals surface area contributed by atoms with Crippen molar-refractivity contribution >= 4 is 21.6 Å². The van der Waals surface area contributed by atoms with Gasteiger partial charge in [0.25, 0.3) is 5.56 Å². The molecule has 1 N–H and O–H groups in total. The fraction of sp³-hybridized carbons (Fsp3) is 0.750. The molecule has 1 aliphatic rings. The number of aryl methyl sites for hydroxylation is 1. The number of aromatic nitrogens is 2. The van der Waals surface area contributed by atoms with Crippen LogP contribution in [0.1, 0.15) is 52.4 Å². The average Bonchev–Trinajstić information content (AvgIpc) is 2.52. The Balaban J connectivity index is 1.92. The number of hydrogen-bond acceptors (Lipinski definition) is 3. The first-order valence-electron chi connectivity index (χ1n) is 8.15. The minimum absolute atomic E-state index is 0.0449. The lowest BCUT2D eigenvalue weighted by molar-refractivity contribution is 0.278. The molecule has 0 saturated heterocycles. The van der Waals surface area contributed by atoms with Gasteiger partial charge in [-0.05, 0) is 47.0 Å². The van der Waals surface area contributed by atoms with Crippen LogP contribution in [0.2, 0.25) is 0 Å². The monoisotopic (exact) mass is 355 g/mol. The van der Waals surface area contributed by atoms with Crippen LogP contribution in [-0.2, 0) is 6.54 Å². The molecule has 0 amide bonds. The van der Waals surface area contributed by atoms with Crippen LogP contribution in [0.5, 0.6) is 0 Å². The SMILES string of the molecule is CCCn1ncc(NCC2CCC(CC)CC2)c(Br)c1=O. The van der Waals surface area contributed by atoms with E-state index in [1.165, 1.54) is 36.8 Å². The van der Waals surface area contributed by atoms with Crippen molar-refractivity contribution in [3.8, 4) is 0 Å². The summed E-state index contributed by atoms with van der Waals surface area (Å²) in [5, 5.41) is 7.63. The van der Waals surface area contributed by atoms with Crippen LogP contribution < -0.4 is 10.9 Å². The first-order valence-corrected chi connectivity index (χ1v) is 8.94. The van der Waals surface area contributed by atoms with E-state index in [1.807, 2.05) is 6.92 Å². The van der Waals surface area contributed by atoms with Gasteiger partial charge < -0.3 is 5.32 Å². The Kier molecular flexibility index (Phi) is 6.27. The summed E-state index contributed by atoms with van der Waals surface area (Å²) in [7, 11) is 0. The molecule has 5 heteroatoms. The molecule has 0 atom stereocenters. The third kappa shape index (κ3) is 4.31. The second kappa shape index (κ2) is 7.97. The van der Waals surface area contributed by atoms with Crippen molar-refractivity contribution in [1.82, 2.24) is 9.78 Å². The maximum Gasteiger partial charge on any atom is 0.283 e. The highest BCUT2D eigenvalue weighted by Gasteiger charge is 2.20. The molecule has 0 spiro atoms. The minimum Gasteiger partial charge on any atom is -0.382 e. The van der Waals surface area contributed by atoms with Gasteiger partial charge >= 0.3 is 0 Å². The van der Waals surface area contributed by atoms with E-state index in [1.54, 1.807) is 6.20 Å². The van der Waals surface area contributed by atoms with Crippen molar-refractivity contribution in [3.63, 3.8) is 0 Å². The standard InChI is InChI=1S/C16H26BrN3O/c1-3-9-20-16(21)15(17)14(11-19-20)18-10-13-7-5-12(4-2)6-8-13/h11-13,18H,3-10H2,1-2H3. The molecule has 1 saturated carbocycles. The fourth-order valence-electron chi connectivity index (χ4n) is 3.06. The predicted octanol–water partition coefficient (Wildman–Crippen LogP) is 4.04. The zero-order valence-corrected chi connectivity index (χ0v) is 14.7. The summed E-state index contributed by atoms with van der Waals surface area (Å²) in [6.07, 6.45) is 9.27. The van der Waals surface area contributed by atoms with Gasteiger partial charge in [-0.25, -0.2) is 4.68 Å². The fourth-order valence-corrected chi connectivity index (χ4v) is 3.50. The summed E-state index contributed by atoms with van der Waals surface area (Å²) < 4.78 is 2.12. The van der Waals surface area contributed by atoms with Gasteiger partial charge in [0.2, 0.25) is 0 Å². The topological polar surface area (TPSA) is 46.9 Å². The number of nitrogens with one attached hydrogen (secondary N) is 1. The minimum atomic E-state index is -0.0449. The van der Waals surface area contributed by atoms with E-state index in [9.17, 15) is 4.79 Å². The average molecular weight is 356 g/mol. The Bertz CT molecular complexity index is 507. The van der Waals surface area contributed by atoms with E-state index in [-0.39, 0.29) is 5.56 Å². The first kappa shape index (κ1) is 16.5. The molecule has 0 radical (unpaired) electrons. The molecular formula is C16H26BrN3O. The van der Waals surface area contributed by atoms with Gasteiger partial charge in [0.1, 0.15) is 4.47 Å². The molecule has 1 aromatic rings. The summed E-state index contributed by atoms with van der Waals surface area (Å²) in [6.45, 7) is 5.94. The summed E-state index contributed by atoms with van der Waals surface area (Å²) in [6, 6.07) is 0. The van der Waals surface area contributed by atoms with E-state index in [0.29, 0.717) is 11.0 Å². The highest BCUT2D eigenvalue weighted by molar-refractivity contribution is 9.10. The van der Waals surface area contributed by atoms with E-state index in [2.05, 4.69) is 33.3 Å². The van der Waals surface area contributed by atoms with Crippen molar-refractivity contribution in [3.05, 3.63) is 21.0 Å². The Hall–Kier alpha value is -0.840. The van der Waals surface area contributed by atoms with Gasteiger partial charge in [-0.3, -0.25) is 4.79 Å². The molecular weight excluding hydrogens is 330 g/mol. The summed E-state index contributed by atoms with van der Waals surface area (Å²) in [4.78, 5) is 12.1. The van der Waals surface area contributed by atoms with Crippen molar-refractivity contribution in [1.29, 1.82) is 0 Å². The van der Waals surface area contributed by atoms with E-state index < -0.39 is 0 Å². The maximum atomic E-state index is 12.1. The third-order valence-electron chi connectivity index (χ3n) is 4.55. The van der Waals surface area contributed by atoms with E-state index in [0.717, 1.165) is 30.5 Å². The van der Waals surface area contributed by atoms with Crippen LogP contribution in [0.3, 0.4) is 0 Å². The predicted molar refractivity (Wildman–Crippen MR) is 90.7 cm³/mol. The number of hydrogen-bond donors (Lipinski definition) is 1. The van der Waals surface area contributed by atoms with Crippen LogP contribution in [-0.4, -0.2) is 16.3 Å². The largest absolute Gasteiger partial charge is 0.382 e. The lowest BCUT2D eigenvalue weighted by Crippen LogP contribution is -2.26. The number of halogens is 1. The molecule has 21 heavy (non-hydrogen) atoms. The van der Waals surface area contributed by atoms with Gasteiger partial charge in [0.05, 0.1) is 11.9 Å². The van der Waals surface area contributed by atoms with E-state index >= 15 is 0 Å². The van der Waals surface area contributed by atoms with Crippen molar-refractivity contribution in [2.75, 3.05) is 11.9 Å². The number of anilines is 1. The summed E-state index contributed by atoms with van der Waals surface area (Å²) >= 11 is 3.41. The van der Waals surface area contributed by atoms with Crippen LogP contribution in [0.15, 0.2) is 15.5 Å². The Labute approximate surface area is 135 Å². The molecule has 0 unspecified atom stereocenters. The number of nitrogens with zero attached hydrogens (tertiary/aromatic N) is 2. The molecule has 0 aromatic carbocycles. The highest BCUT2D eigenvalue weighted by Crippen LogP contribution is 2.31. The molecule has 1 heterocycles. The molecule has 0 aliphatic heterocycles.